The number of hydrogen-bond donors (Lipinski definition) is 0. The third-order valence-corrected chi connectivity index (χ3v) is 5.05. The lowest BCUT2D eigenvalue weighted by Gasteiger charge is -2.22. The van der Waals surface area contributed by atoms with Crippen molar-refractivity contribution in [2.24, 2.45) is 7.05 Å². The van der Waals surface area contributed by atoms with Crippen LogP contribution in [0.2, 0.25) is 0 Å². The second-order valence-electron chi connectivity index (χ2n) is 6.50. The van der Waals surface area contributed by atoms with E-state index in [0.717, 1.165) is 22.4 Å². The smallest absolute Gasteiger partial charge is 0.287 e. The number of rotatable bonds is 0. The van der Waals surface area contributed by atoms with Gasteiger partial charge in [-0.05, 0) is 58.9 Å². The summed E-state index contributed by atoms with van der Waals surface area (Å²) in [5, 5.41) is 3.62. The normalized spacial score (nSPS) is 12.3. The quantitative estimate of drug-likeness (QED) is 0.390. The second kappa shape index (κ2) is 4.54. The molecule has 3 heteroatoms. The van der Waals surface area contributed by atoms with Crippen molar-refractivity contribution in [3.05, 3.63) is 59.9 Å². The molecule has 1 aromatic heterocycles. The fraction of sp³-hybridized carbons (Fsp3) is 0.143. The topological polar surface area (TPSA) is 26.0 Å². The van der Waals surface area contributed by atoms with Crippen molar-refractivity contribution in [1.29, 1.82) is 0 Å². The molecule has 0 saturated heterocycles. The highest BCUT2D eigenvalue weighted by Crippen LogP contribution is 2.47. The Hall–Kier alpha value is -2.94. The van der Waals surface area contributed by atoms with Crippen LogP contribution in [0.5, 0.6) is 11.5 Å². The van der Waals surface area contributed by atoms with E-state index >= 15 is 0 Å². The van der Waals surface area contributed by atoms with Gasteiger partial charge in [-0.2, -0.15) is 0 Å². The molecule has 0 bridgehead atoms. The van der Waals surface area contributed by atoms with Gasteiger partial charge in [0.2, 0.25) is 0 Å². The molecular weight excluding hydrogens is 296 g/mol. The minimum Gasteiger partial charge on any atom is -0.456 e. The van der Waals surface area contributed by atoms with Gasteiger partial charge in [0, 0.05) is 0 Å². The molecule has 0 N–H and O–H groups in total. The number of ether oxygens (including phenoxy) is 1. The van der Waals surface area contributed by atoms with Gasteiger partial charge in [-0.15, -0.1) is 0 Å². The minimum absolute atomic E-state index is 0.881. The number of aromatic nitrogens is 2. The summed E-state index contributed by atoms with van der Waals surface area (Å²) in [5.74, 6) is 1.81. The summed E-state index contributed by atoms with van der Waals surface area (Å²) >= 11 is 0. The number of benzene rings is 3. The highest BCUT2D eigenvalue weighted by Gasteiger charge is 2.29. The fourth-order valence-electron chi connectivity index (χ4n) is 3.85. The van der Waals surface area contributed by atoms with Crippen LogP contribution in [0.3, 0.4) is 0 Å². The van der Waals surface area contributed by atoms with Crippen LogP contribution in [0.25, 0.3) is 32.9 Å². The molecule has 0 atom stereocenters. The summed E-state index contributed by atoms with van der Waals surface area (Å²) in [6, 6.07) is 14.7. The molecule has 116 valence electrons. The van der Waals surface area contributed by atoms with Crippen LogP contribution >= 0.6 is 0 Å². The van der Waals surface area contributed by atoms with E-state index in [9.17, 15) is 0 Å². The van der Waals surface area contributed by atoms with E-state index in [1.54, 1.807) is 0 Å². The van der Waals surface area contributed by atoms with E-state index in [1.807, 2.05) is 31.6 Å². The van der Waals surface area contributed by atoms with Gasteiger partial charge in [0.1, 0.15) is 16.9 Å². The fourth-order valence-corrected chi connectivity index (χ4v) is 3.85. The summed E-state index contributed by atoms with van der Waals surface area (Å²) in [7, 11) is 2.05. The molecule has 3 aromatic carbocycles. The van der Waals surface area contributed by atoms with Crippen molar-refractivity contribution in [2.75, 3.05) is 0 Å². The molecule has 0 spiro atoms. The zero-order chi connectivity index (χ0) is 16.4. The lowest BCUT2D eigenvalue weighted by Crippen LogP contribution is -2.32. The summed E-state index contributed by atoms with van der Waals surface area (Å²) in [5.41, 5.74) is 5.84. The Bertz CT molecular complexity index is 1160. The maximum absolute atomic E-state index is 6.30. The number of nitrogens with zero attached hydrogens (tertiary/aromatic N) is 2. The van der Waals surface area contributed by atoms with Crippen LogP contribution in [0.15, 0.2) is 48.8 Å². The van der Waals surface area contributed by atoms with E-state index in [-0.39, 0.29) is 0 Å². The maximum Gasteiger partial charge on any atom is 0.287 e. The first-order chi connectivity index (χ1) is 11.6. The third-order valence-electron chi connectivity index (χ3n) is 5.05. The molecule has 0 aliphatic carbocycles. The molecule has 1 aliphatic rings. The molecule has 1 aliphatic heterocycles. The average Bonchev–Trinajstić information content (AvgIpc) is 2.58. The van der Waals surface area contributed by atoms with Gasteiger partial charge in [-0.1, -0.05) is 24.3 Å². The zero-order valence-electron chi connectivity index (χ0n) is 13.9. The molecule has 3 nitrogen and oxygen atoms in total. The van der Waals surface area contributed by atoms with Crippen LogP contribution in [0, 0.1) is 13.8 Å². The molecule has 0 unspecified atom stereocenters. The Kier molecular flexibility index (Phi) is 2.55. The van der Waals surface area contributed by atoms with Crippen molar-refractivity contribution in [3.63, 3.8) is 0 Å². The Labute approximate surface area is 140 Å². The lowest BCUT2D eigenvalue weighted by atomic mass is 9.91. The van der Waals surface area contributed by atoms with Crippen molar-refractivity contribution in [2.45, 2.75) is 13.8 Å². The Morgan fingerprint density at radius 3 is 2.67 bits per heavy atom. The second-order valence-corrected chi connectivity index (χ2v) is 6.50. The predicted molar refractivity (Wildman–Crippen MR) is 95.4 cm³/mol. The summed E-state index contributed by atoms with van der Waals surface area (Å²) in [6.45, 7) is 4.33. The van der Waals surface area contributed by atoms with Crippen LogP contribution in [0.1, 0.15) is 11.1 Å². The van der Waals surface area contributed by atoms with E-state index in [1.165, 1.54) is 33.2 Å². The van der Waals surface area contributed by atoms with Gasteiger partial charge < -0.3 is 4.74 Å². The largest absolute Gasteiger partial charge is 0.456 e. The minimum atomic E-state index is 0.881. The highest BCUT2D eigenvalue weighted by atomic mass is 16.5. The monoisotopic (exact) mass is 313 g/mol. The van der Waals surface area contributed by atoms with Crippen LogP contribution < -0.4 is 9.30 Å². The molecule has 4 aromatic rings. The number of hydrogen-bond acceptors (Lipinski definition) is 2. The summed E-state index contributed by atoms with van der Waals surface area (Å²) in [4.78, 5) is 4.55. The van der Waals surface area contributed by atoms with E-state index in [0.29, 0.717) is 0 Å². The standard InChI is InChI=1S/C21H17N2O/c1-12-6-4-7-14-13(2)19-18(10-15(12)14)24-17-9-5-8-16-20(17)21(19)23(3)11-22-16/h4-11H,1-3H3/q+1. The molecule has 0 fully saturated rings. The molecule has 2 heterocycles. The zero-order valence-corrected chi connectivity index (χ0v) is 13.9. The lowest BCUT2D eigenvalue weighted by molar-refractivity contribution is -0.662. The van der Waals surface area contributed by atoms with Crippen LogP contribution in [-0.4, -0.2) is 4.98 Å². The third kappa shape index (κ3) is 1.61. The van der Waals surface area contributed by atoms with E-state index in [4.69, 9.17) is 4.74 Å². The number of fused-ring (bicyclic) bond motifs is 3. The highest BCUT2D eigenvalue weighted by molar-refractivity contribution is 6.04. The number of aryl methyl sites for hydroxylation is 3. The van der Waals surface area contributed by atoms with Gasteiger partial charge in [0.15, 0.2) is 11.2 Å². The van der Waals surface area contributed by atoms with Crippen molar-refractivity contribution < 1.29 is 9.30 Å². The maximum atomic E-state index is 6.30. The SMILES string of the molecule is Cc1cccc2c(C)c3c(cc12)Oc1cccc2nc[n+](C)c-3c12. The van der Waals surface area contributed by atoms with Gasteiger partial charge in [0.05, 0.1) is 12.6 Å². The Morgan fingerprint density at radius 1 is 0.958 bits per heavy atom. The Morgan fingerprint density at radius 2 is 1.79 bits per heavy atom. The van der Waals surface area contributed by atoms with Gasteiger partial charge in [0.25, 0.3) is 6.33 Å². The van der Waals surface area contributed by atoms with E-state index in [2.05, 4.69) is 47.7 Å². The summed E-state index contributed by atoms with van der Waals surface area (Å²) < 4.78 is 8.39. The average molecular weight is 313 g/mol. The van der Waals surface area contributed by atoms with Gasteiger partial charge in [-0.3, -0.25) is 0 Å². The predicted octanol–water partition coefficient (Wildman–Crippen LogP) is 4.60. The molecule has 0 amide bonds. The first-order valence-corrected chi connectivity index (χ1v) is 8.13. The van der Waals surface area contributed by atoms with Gasteiger partial charge in [-0.25, -0.2) is 4.57 Å². The Balaban J connectivity index is 2.02. The van der Waals surface area contributed by atoms with Crippen molar-refractivity contribution in [3.8, 4) is 22.8 Å². The van der Waals surface area contributed by atoms with Crippen LogP contribution in [0.4, 0.5) is 0 Å². The first kappa shape index (κ1) is 13.5. The molecule has 24 heavy (non-hydrogen) atoms. The molecular formula is C21H17N2O+. The molecule has 0 radical (unpaired) electrons. The van der Waals surface area contributed by atoms with Crippen LogP contribution in [-0.2, 0) is 7.05 Å². The summed E-state index contributed by atoms with van der Waals surface area (Å²) in [6.07, 6.45) is 1.89. The van der Waals surface area contributed by atoms with Crippen molar-refractivity contribution in [1.82, 2.24) is 4.98 Å². The van der Waals surface area contributed by atoms with Gasteiger partial charge >= 0.3 is 0 Å². The van der Waals surface area contributed by atoms with Crippen molar-refractivity contribution >= 4 is 21.7 Å². The molecule has 0 saturated carbocycles. The van der Waals surface area contributed by atoms with E-state index < -0.39 is 0 Å². The first-order valence-electron chi connectivity index (χ1n) is 8.13. The molecule has 5 rings (SSSR count).